The zero-order valence-corrected chi connectivity index (χ0v) is 14.7. The van der Waals surface area contributed by atoms with Crippen molar-refractivity contribution in [2.45, 2.75) is 12.8 Å². The molecule has 2 rings (SSSR count). The van der Waals surface area contributed by atoms with E-state index in [1.54, 1.807) is 42.5 Å². The minimum atomic E-state index is -0.447. The van der Waals surface area contributed by atoms with Crippen LogP contribution in [-0.4, -0.2) is 18.4 Å². The monoisotopic (exact) mass is 375 g/mol. The maximum Gasteiger partial charge on any atom is 0.233 e. The highest BCUT2D eigenvalue weighted by molar-refractivity contribution is 6.35. The third-order valence-corrected chi connectivity index (χ3v) is 3.92. The summed E-state index contributed by atoms with van der Waals surface area (Å²) >= 11 is 11.9. The lowest BCUT2D eigenvalue weighted by Crippen LogP contribution is -2.29. The summed E-state index contributed by atoms with van der Waals surface area (Å²) in [5.74, 6) is -0.837. The number of nitriles is 1. The van der Waals surface area contributed by atoms with Gasteiger partial charge in [0.05, 0.1) is 11.6 Å². The van der Waals surface area contributed by atoms with Crippen molar-refractivity contribution in [2.24, 2.45) is 0 Å². The maximum absolute atomic E-state index is 11.9. The van der Waals surface area contributed by atoms with Gasteiger partial charge in [0, 0.05) is 22.3 Å². The summed E-state index contributed by atoms with van der Waals surface area (Å²) in [6.45, 7) is 0.359. The second-order valence-electron chi connectivity index (χ2n) is 5.25. The first-order chi connectivity index (χ1) is 12.0. The highest BCUT2D eigenvalue weighted by Gasteiger charge is 2.10. The number of rotatable bonds is 6. The van der Waals surface area contributed by atoms with E-state index in [1.165, 1.54) is 0 Å². The minimum absolute atomic E-state index is 0.300. The van der Waals surface area contributed by atoms with Gasteiger partial charge in [0.15, 0.2) is 0 Å². The quantitative estimate of drug-likeness (QED) is 0.757. The summed E-state index contributed by atoms with van der Waals surface area (Å²) in [7, 11) is 0. The van der Waals surface area contributed by atoms with Gasteiger partial charge in [0.2, 0.25) is 11.8 Å². The molecule has 0 saturated carbocycles. The molecule has 0 aliphatic heterocycles. The number of carbonyl (C=O) groups excluding carboxylic acids is 2. The van der Waals surface area contributed by atoms with Gasteiger partial charge >= 0.3 is 0 Å². The van der Waals surface area contributed by atoms with Crippen LogP contribution in [-0.2, 0) is 16.0 Å². The standard InChI is InChI=1S/C18H15Cl2N3O2/c19-14-5-4-13(16(20)9-14)6-7-22-17(24)10-18(25)23-15-3-1-2-12(8-15)11-21/h1-5,8-9H,6-7,10H2,(H,22,24)(H,23,25). The molecule has 0 bridgehead atoms. The van der Waals surface area contributed by atoms with Gasteiger partial charge in [0.1, 0.15) is 6.42 Å². The molecule has 0 unspecified atom stereocenters. The number of benzene rings is 2. The molecular formula is C18H15Cl2N3O2. The van der Waals surface area contributed by atoms with Crippen molar-refractivity contribution in [3.63, 3.8) is 0 Å². The van der Waals surface area contributed by atoms with Crippen LogP contribution in [0.15, 0.2) is 42.5 Å². The van der Waals surface area contributed by atoms with Gasteiger partial charge in [-0.05, 0) is 42.3 Å². The van der Waals surface area contributed by atoms with Crippen LogP contribution in [0.1, 0.15) is 17.5 Å². The number of nitrogens with one attached hydrogen (secondary N) is 2. The van der Waals surface area contributed by atoms with E-state index in [0.717, 1.165) is 5.56 Å². The fourth-order valence-corrected chi connectivity index (χ4v) is 2.64. The van der Waals surface area contributed by atoms with Crippen LogP contribution in [0.25, 0.3) is 0 Å². The topological polar surface area (TPSA) is 82.0 Å². The molecule has 2 N–H and O–H groups in total. The smallest absolute Gasteiger partial charge is 0.233 e. The molecule has 0 heterocycles. The summed E-state index contributed by atoms with van der Waals surface area (Å²) in [5, 5.41) is 15.2. The molecule has 128 valence electrons. The third kappa shape index (κ3) is 6.11. The number of amides is 2. The summed E-state index contributed by atoms with van der Waals surface area (Å²) in [4.78, 5) is 23.7. The Kier molecular flexibility index (Phi) is 6.81. The average molecular weight is 376 g/mol. The first-order valence-electron chi connectivity index (χ1n) is 7.48. The Morgan fingerprint density at radius 1 is 1.08 bits per heavy atom. The van der Waals surface area contributed by atoms with Crippen molar-refractivity contribution in [1.82, 2.24) is 5.32 Å². The predicted molar refractivity (Wildman–Crippen MR) is 97.6 cm³/mol. The van der Waals surface area contributed by atoms with Gasteiger partial charge in [-0.1, -0.05) is 35.3 Å². The second-order valence-corrected chi connectivity index (χ2v) is 6.10. The Morgan fingerprint density at radius 3 is 2.60 bits per heavy atom. The van der Waals surface area contributed by atoms with Crippen LogP contribution < -0.4 is 10.6 Å². The van der Waals surface area contributed by atoms with Crippen LogP contribution in [0.2, 0.25) is 10.0 Å². The van der Waals surface area contributed by atoms with Crippen molar-refractivity contribution < 1.29 is 9.59 Å². The van der Waals surface area contributed by atoms with Gasteiger partial charge in [0.25, 0.3) is 0 Å². The fraction of sp³-hybridized carbons (Fsp3) is 0.167. The first kappa shape index (κ1) is 18.8. The molecule has 7 heteroatoms. The number of hydrogen-bond donors (Lipinski definition) is 2. The molecule has 0 radical (unpaired) electrons. The van der Waals surface area contributed by atoms with Crippen molar-refractivity contribution in [3.05, 3.63) is 63.6 Å². The Hall–Kier alpha value is -2.55. The lowest BCUT2D eigenvalue weighted by molar-refractivity contribution is -0.126. The van der Waals surface area contributed by atoms with E-state index in [9.17, 15) is 9.59 Å². The lowest BCUT2D eigenvalue weighted by Gasteiger charge is -2.08. The van der Waals surface area contributed by atoms with E-state index < -0.39 is 5.91 Å². The Morgan fingerprint density at radius 2 is 1.88 bits per heavy atom. The Bertz CT molecular complexity index is 831. The van der Waals surface area contributed by atoms with E-state index in [0.29, 0.717) is 34.3 Å². The van der Waals surface area contributed by atoms with Gasteiger partial charge < -0.3 is 10.6 Å². The van der Waals surface area contributed by atoms with E-state index in [-0.39, 0.29) is 12.3 Å². The third-order valence-electron chi connectivity index (χ3n) is 3.33. The zero-order chi connectivity index (χ0) is 18.2. The van der Waals surface area contributed by atoms with Crippen molar-refractivity contribution in [1.29, 1.82) is 5.26 Å². The molecule has 0 aliphatic carbocycles. The molecule has 0 saturated heterocycles. The Balaban J connectivity index is 1.77. The first-order valence-corrected chi connectivity index (χ1v) is 8.24. The lowest BCUT2D eigenvalue weighted by atomic mass is 10.1. The maximum atomic E-state index is 11.9. The molecule has 25 heavy (non-hydrogen) atoms. The van der Waals surface area contributed by atoms with Crippen molar-refractivity contribution in [2.75, 3.05) is 11.9 Å². The number of nitrogens with zero attached hydrogens (tertiary/aromatic N) is 1. The van der Waals surface area contributed by atoms with Gasteiger partial charge in [-0.15, -0.1) is 0 Å². The second kappa shape index (κ2) is 9.07. The number of carbonyl (C=O) groups is 2. The van der Waals surface area contributed by atoms with Crippen LogP contribution in [0.4, 0.5) is 5.69 Å². The molecule has 2 aromatic rings. The number of hydrogen-bond acceptors (Lipinski definition) is 3. The SMILES string of the molecule is N#Cc1cccc(NC(=O)CC(=O)NCCc2ccc(Cl)cc2Cl)c1. The average Bonchev–Trinajstić information content (AvgIpc) is 2.56. The van der Waals surface area contributed by atoms with Crippen molar-refractivity contribution >= 4 is 40.7 Å². The summed E-state index contributed by atoms with van der Waals surface area (Å²) < 4.78 is 0. The molecule has 2 aromatic carbocycles. The number of anilines is 1. The summed E-state index contributed by atoms with van der Waals surface area (Å²) in [5.41, 5.74) is 1.77. The Labute approximate surface area is 155 Å². The van der Waals surface area contributed by atoms with Crippen LogP contribution >= 0.6 is 23.2 Å². The molecule has 2 amide bonds. The van der Waals surface area contributed by atoms with E-state index in [4.69, 9.17) is 28.5 Å². The fourth-order valence-electron chi connectivity index (χ4n) is 2.14. The molecule has 0 fully saturated rings. The van der Waals surface area contributed by atoms with E-state index in [1.807, 2.05) is 6.07 Å². The van der Waals surface area contributed by atoms with Crippen LogP contribution in [0.5, 0.6) is 0 Å². The minimum Gasteiger partial charge on any atom is -0.355 e. The predicted octanol–water partition coefficient (Wildman–Crippen LogP) is 3.55. The molecule has 5 nitrogen and oxygen atoms in total. The normalized spacial score (nSPS) is 9.96. The zero-order valence-electron chi connectivity index (χ0n) is 13.2. The highest BCUT2D eigenvalue weighted by Crippen LogP contribution is 2.21. The van der Waals surface area contributed by atoms with Crippen molar-refractivity contribution in [3.8, 4) is 6.07 Å². The van der Waals surface area contributed by atoms with Gasteiger partial charge in [-0.3, -0.25) is 9.59 Å². The largest absolute Gasteiger partial charge is 0.355 e. The van der Waals surface area contributed by atoms with Gasteiger partial charge in [-0.25, -0.2) is 0 Å². The van der Waals surface area contributed by atoms with E-state index in [2.05, 4.69) is 10.6 Å². The molecule has 0 spiro atoms. The molecule has 0 atom stereocenters. The van der Waals surface area contributed by atoms with Crippen LogP contribution in [0.3, 0.4) is 0 Å². The summed E-state index contributed by atoms with van der Waals surface area (Å²) in [6, 6.07) is 13.6. The molecule has 0 aromatic heterocycles. The molecular weight excluding hydrogens is 361 g/mol. The van der Waals surface area contributed by atoms with Crippen LogP contribution in [0, 0.1) is 11.3 Å². The number of halogens is 2. The van der Waals surface area contributed by atoms with E-state index >= 15 is 0 Å². The van der Waals surface area contributed by atoms with Gasteiger partial charge in [-0.2, -0.15) is 5.26 Å². The summed E-state index contributed by atoms with van der Waals surface area (Å²) in [6.07, 6.45) is 0.235. The highest BCUT2D eigenvalue weighted by atomic mass is 35.5. The molecule has 0 aliphatic rings.